The molecular formula is C121H93N9O10. The number of benzene rings is 18. The molecular weight excluding hydrogens is 1740 g/mol. The summed E-state index contributed by atoms with van der Waals surface area (Å²) in [5.41, 5.74) is 17.3. The van der Waals surface area contributed by atoms with Gasteiger partial charge in [0.15, 0.2) is 0 Å². The third-order valence-electron chi connectivity index (χ3n) is 24.6. The highest BCUT2D eigenvalue weighted by atomic mass is 16.6. The van der Waals surface area contributed by atoms with Crippen LogP contribution in [0.3, 0.4) is 0 Å². The van der Waals surface area contributed by atoms with E-state index in [-0.39, 0.29) is 44.2 Å². The average Bonchev–Trinajstić information content (AvgIpc) is 0.781. The molecule has 0 amide bonds. The van der Waals surface area contributed by atoms with Gasteiger partial charge in [0.05, 0.1) is 127 Å². The molecule has 682 valence electrons. The molecule has 0 spiro atoms. The third-order valence-corrected chi connectivity index (χ3v) is 24.6. The van der Waals surface area contributed by atoms with Gasteiger partial charge >= 0.3 is 0 Å². The second-order valence-electron chi connectivity index (χ2n) is 32.4. The molecule has 0 aliphatic carbocycles. The predicted molar refractivity (Wildman–Crippen MR) is 569 cm³/mol. The molecule has 0 aliphatic rings. The topological polar surface area (TPSA) is 186 Å². The smallest absolute Gasteiger partial charge is 0.277 e. The summed E-state index contributed by atoms with van der Waals surface area (Å²) in [6.07, 6.45) is 14.5. The van der Waals surface area contributed by atoms with E-state index in [2.05, 4.69) is 126 Å². The van der Waals surface area contributed by atoms with Crippen molar-refractivity contribution in [1.82, 2.24) is 0 Å². The number of anilines is 12. The number of ether oxygens (including phenoxy) is 8. The van der Waals surface area contributed by atoms with Crippen LogP contribution in [0.5, 0.6) is 46.0 Å². The van der Waals surface area contributed by atoms with Crippen molar-refractivity contribution in [1.29, 1.82) is 10.5 Å². The maximum Gasteiger partial charge on any atom is 0.277 e. The first-order valence-corrected chi connectivity index (χ1v) is 44.8. The summed E-state index contributed by atoms with van der Waals surface area (Å²) in [6, 6.07) is 120. The Hall–Kier alpha value is -19.1. The lowest BCUT2D eigenvalue weighted by atomic mass is 9.92. The molecule has 0 radical (unpaired) electrons. The van der Waals surface area contributed by atoms with E-state index < -0.39 is 0 Å². The summed E-state index contributed by atoms with van der Waals surface area (Å²) >= 11 is 0. The van der Waals surface area contributed by atoms with Gasteiger partial charge in [0, 0.05) is 94.7 Å². The van der Waals surface area contributed by atoms with Crippen LogP contribution < -0.4 is 57.5 Å². The van der Waals surface area contributed by atoms with Gasteiger partial charge in [-0.3, -0.25) is 10.1 Å². The molecule has 0 aromatic heterocycles. The van der Waals surface area contributed by atoms with E-state index in [0.29, 0.717) is 5.56 Å². The molecule has 0 aliphatic heterocycles. The Kier molecular flexibility index (Phi) is 28.1. The van der Waals surface area contributed by atoms with Gasteiger partial charge in [0.25, 0.3) is 5.69 Å². The van der Waals surface area contributed by atoms with Gasteiger partial charge in [-0.1, -0.05) is 188 Å². The highest BCUT2D eigenvalue weighted by Gasteiger charge is 2.27. The zero-order valence-electron chi connectivity index (χ0n) is 78.2. The number of hydrogen-bond acceptors (Lipinski definition) is 16. The number of methoxy groups -OCH3 is 8. The molecule has 19 nitrogen and oxygen atoms in total. The van der Waals surface area contributed by atoms with Crippen LogP contribution in [-0.2, 0) is 0 Å². The van der Waals surface area contributed by atoms with E-state index in [4.69, 9.17) is 51.0 Å². The van der Waals surface area contributed by atoms with Crippen molar-refractivity contribution in [3.63, 3.8) is 0 Å². The Morgan fingerprint density at radius 1 is 0.286 bits per heavy atom. The molecule has 19 heteroatoms. The Balaban J connectivity index is 0.000000193. The number of aryl methyl sites for hydroxylation is 1. The molecule has 18 rings (SSSR count). The van der Waals surface area contributed by atoms with Gasteiger partial charge in [-0.25, -0.2) is 9.69 Å². The van der Waals surface area contributed by atoms with Crippen LogP contribution in [0.25, 0.3) is 101 Å². The van der Waals surface area contributed by atoms with Crippen molar-refractivity contribution < 1.29 is 42.8 Å². The van der Waals surface area contributed by atoms with Gasteiger partial charge in [-0.15, -0.1) is 0 Å². The van der Waals surface area contributed by atoms with Crippen molar-refractivity contribution in [2.24, 2.45) is 0 Å². The van der Waals surface area contributed by atoms with Gasteiger partial charge in [0.1, 0.15) is 46.0 Å². The molecule has 140 heavy (non-hydrogen) atoms. The number of nitrogens with zero attached hydrogens (tertiary/aromatic N) is 9. The molecule has 0 N–H and O–H groups in total. The van der Waals surface area contributed by atoms with Gasteiger partial charge in [-0.2, -0.15) is 10.5 Å². The first kappa shape index (κ1) is 92.8. The third kappa shape index (κ3) is 19.3. The van der Waals surface area contributed by atoms with E-state index in [1.165, 1.54) is 0 Å². The van der Waals surface area contributed by atoms with E-state index in [0.717, 1.165) is 191 Å². The summed E-state index contributed by atoms with van der Waals surface area (Å²) in [6.45, 7) is 18.5. The van der Waals surface area contributed by atoms with Crippen LogP contribution in [0.2, 0.25) is 0 Å². The lowest BCUT2D eigenvalue weighted by Gasteiger charge is -2.27. The number of nitriles is 2. The summed E-state index contributed by atoms with van der Waals surface area (Å²) in [4.78, 5) is 28.5. The Morgan fingerprint density at radius 2 is 0.521 bits per heavy atom. The van der Waals surface area contributed by atoms with Crippen molar-refractivity contribution in [3.05, 3.63) is 446 Å². The maximum atomic E-state index is 12.5. The van der Waals surface area contributed by atoms with Crippen molar-refractivity contribution in [2.45, 2.75) is 6.92 Å². The first-order valence-electron chi connectivity index (χ1n) is 44.8. The van der Waals surface area contributed by atoms with Crippen LogP contribution in [0.15, 0.2) is 352 Å². The Morgan fingerprint density at radius 3 is 0.757 bits per heavy atom. The largest absolute Gasteiger partial charge is 0.497 e. The minimum absolute atomic E-state index is 0.00992. The molecule has 0 heterocycles. The molecule has 0 fully saturated rings. The number of rotatable bonds is 29. The molecule has 0 bridgehead atoms. The number of hydrogen-bond donors (Lipinski definition) is 0. The predicted octanol–water partition coefficient (Wildman–Crippen LogP) is 31.7. The monoisotopic (exact) mass is 1830 g/mol. The fraction of sp³-hybridized carbons (Fsp3) is 0.0744. The fourth-order valence-corrected chi connectivity index (χ4v) is 17.6. The summed E-state index contributed by atoms with van der Waals surface area (Å²) in [7, 11) is 13.3. The second-order valence-corrected chi connectivity index (χ2v) is 32.4. The standard InChI is InChI=1S/C62H44N6O4.C59H49N3O6/c1-65-61-54(34-20-42-17-23-44(24-18-42)68(46-27-31-48(70-4)32-28-46)58-36-38-60(72-6)53-14-10-8-12-51(53)58)62(66-2)56(40-64)49(55(61)39-63)33-19-41-15-21-43(22-16-41)67(45-25-29-47(69-3)30-26-45)57-35-37-59(71-5)52-13-9-7-11-50(52)57;1-40-38-44(21-15-42-18-24-46(25-19-42)61(48-28-32-50(66-3)33-29-48)56-35-37-59(68-5)54-13-9-7-11-52(54)56)57(62(63)64)39-43(40)20-14-41-16-22-45(23-17-41)60(47-26-30-49(65-2)31-27-47)55-34-36-58(67-4)53-12-8-6-10-51(53)55/h7-38H,3-6H3;6-39H,1-5H3/b33-19+,34-20+;20-14+,21-15+. The van der Waals surface area contributed by atoms with E-state index in [1.807, 2.05) is 292 Å². The van der Waals surface area contributed by atoms with Crippen molar-refractivity contribution >= 4 is 177 Å². The van der Waals surface area contributed by atoms with Gasteiger partial charge in [-0.05, 0) is 258 Å². The van der Waals surface area contributed by atoms with E-state index in [1.54, 1.807) is 87.2 Å². The number of fused-ring (bicyclic) bond motifs is 4. The van der Waals surface area contributed by atoms with Gasteiger partial charge in [0.2, 0.25) is 11.4 Å². The quantitative estimate of drug-likeness (QED) is 0.0186. The second kappa shape index (κ2) is 42.4. The van der Waals surface area contributed by atoms with E-state index >= 15 is 0 Å². The highest BCUT2D eigenvalue weighted by Crippen LogP contribution is 2.50. The Labute approximate surface area is 812 Å². The lowest BCUT2D eigenvalue weighted by Crippen LogP contribution is -2.10. The molecule has 0 saturated carbocycles. The SMILES string of the molecule is COc1ccc(N(c2ccc(/C=C/c3cc([N+](=O)[O-])c(/C=C/c4ccc(N(c5ccc(OC)cc5)c5ccc(OC)c6ccccc56)cc4)cc3C)cc2)c2ccc(OC)c3ccccc23)cc1.[C-]#[N+]c1c(C#N)c(/C=C/c2ccc(N(c3ccc(OC)cc3)c3ccc(OC)c4ccccc34)cc2)c(C#N)c([N+]#[C-])c1/C=C/c1ccc(N(c2ccc(OC)cc2)c2ccc(OC)c3ccccc23)cc1. The minimum Gasteiger partial charge on any atom is -0.497 e. The Bertz CT molecular complexity index is 7680. The fourth-order valence-electron chi connectivity index (χ4n) is 17.6. The molecule has 0 atom stereocenters. The van der Waals surface area contributed by atoms with Crippen LogP contribution in [0.1, 0.15) is 61.2 Å². The van der Waals surface area contributed by atoms with Crippen molar-refractivity contribution in [3.8, 4) is 58.1 Å². The number of nitro groups is 1. The normalized spacial score (nSPS) is 11.1. The van der Waals surface area contributed by atoms with Gasteiger partial charge < -0.3 is 57.5 Å². The number of nitro benzene ring substituents is 1. The zero-order valence-corrected chi connectivity index (χ0v) is 78.2. The van der Waals surface area contributed by atoms with Crippen LogP contribution in [0, 0.1) is 52.8 Å². The molecule has 0 unspecified atom stereocenters. The summed E-state index contributed by atoms with van der Waals surface area (Å²) in [5, 5.41) is 41.8. The summed E-state index contributed by atoms with van der Waals surface area (Å²) in [5.74, 6) is 6.14. The maximum absolute atomic E-state index is 12.5. The van der Waals surface area contributed by atoms with Crippen LogP contribution in [0.4, 0.5) is 85.3 Å². The van der Waals surface area contributed by atoms with E-state index in [9.17, 15) is 20.6 Å². The lowest BCUT2D eigenvalue weighted by molar-refractivity contribution is -0.385. The highest BCUT2D eigenvalue weighted by molar-refractivity contribution is 6.07. The minimum atomic E-state index is -0.323. The van der Waals surface area contributed by atoms with Crippen LogP contribution >= 0.6 is 0 Å². The molecule has 0 saturated heterocycles. The van der Waals surface area contributed by atoms with Crippen LogP contribution in [-0.4, -0.2) is 61.8 Å². The first-order chi connectivity index (χ1) is 68.6. The molecule has 18 aromatic rings. The molecule has 18 aromatic carbocycles. The zero-order chi connectivity index (χ0) is 97.3. The average molecular weight is 1830 g/mol. The van der Waals surface area contributed by atoms with Crippen molar-refractivity contribution in [2.75, 3.05) is 76.5 Å². The summed E-state index contributed by atoms with van der Waals surface area (Å²) < 4.78 is 44.7.